The number of aliphatic hydroxyl groups is 1. The van der Waals surface area contributed by atoms with Gasteiger partial charge in [-0.25, -0.2) is 0 Å². The van der Waals surface area contributed by atoms with E-state index in [2.05, 4.69) is 22.3 Å². The lowest BCUT2D eigenvalue weighted by molar-refractivity contribution is -0.128. The molecule has 0 radical (unpaired) electrons. The van der Waals surface area contributed by atoms with Crippen LogP contribution in [0, 0.1) is 0 Å². The van der Waals surface area contributed by atoms with Crippen LogP contribution in [-0.4, -0.2) is 41.1 Å². The zero-order valence-electron chi connectivity index (χ0n) is 14.5. The molecule has 0 spiro atoms. The summed E-state index contributed by atoms with van der Waals surface area (Å²) in [5, 5.41) is 13.8. The molecule has 1 saturated carbocycles. The second kappa shape index (κ2) is 8.13. The first-order chi connectivity index (χ1) is 11.6. The summed E-state index contributed by atoms with van der Waals surface area (Å²) in [7, 11) is 0. The number of amides is 1. The highest BCUT2D eigenvalue weighted by Crippen LogP contribution is 2.31. The summed E-state index contributed by atoms with van der Waals surface area (Å²) in [6.45, 7) is 3.08. The number of likely N-dealkylation sites (tertiary alicyclic amines) is 1. The zero-order chi connectivity index (χ0) is 16.8. The van der Waals surface area contributed by atoms with E-state index in [9.17, 15) is 9.90 Å². The summed E-state index contributed by atoms with van der Waals surface area (Å²) < 4.78 is 0. The first-order valence-electron chi connectivity index (χ1n) is 9.44. The van der Waals surface area contributed by atoms with Gasteiger partial charge in [0, 0.05) is 6.54 Å². The first kappa shape index (κ1) is 17.4. The number of carbonyl (C=O) groups excluding carboxylic acids is 1. The Kier molecular flexibility index (Phi) is 5.90. The molecule has 1 atom stereocenters. The molecule has 1 aromatic carbocycles. The first-order valence-corrected chi connectivity index (χ1v) is 9.44. The van der Waals surface area contributed by atoms with Crippen molar-refractivity contribution in [2.75, 3.05) is 19.6 Å². The Balaban J connectivity index is 1.63. The molecule has 1 aliphatic heterocycles. The minimum Gasteiger partial charge on any atom is -0.389 e. The molecule has 4 nitrogen and oxygen atoms in total. The molecule has 0 bridgehead atoms. The van der Waals surface area contributed by atoms with Crippen LogP contribution in [0.5, 0.6) is 0 Å². The number of hydrogen-bond donors (Lipinski definition) is 2. The molecule has 1 unspecified atom stereocenters. The number of nitrogens with one attached hydrogen (secondary N) is 1. The fraction of sp³-hybridized carbons (Fsp3) is 0.650. The van der Waals surface area contributed by atoms with Gasteiger partial charge < -0.3 is 15.3 Å². The summed E-state index contributed by atoms with van der Waals surface area (Å²) in [5.74, 6) is -0.0209. The van der Waals surface area contributed by atoms with Crippen molar-refractivity contribution in [3.63, 3.8) is 0 Å². The van der Waals surface area contributed by atoms with E-state index < -0.39 is 5.60 Å². The van der Waals surface area contributed by atoms with Crippen LogP contribution in [0.1, 0.15) is 63.0 Å². The average molecular weight is 330 g/mol. The number of carbonyl (C=O) groups is 1. The van der Waals surface area contributed by atoms with Crippen molar-refractivity contribution in [3.8, 4) is 0 Å². The van der Waals surface area contributed by atoms with Crippen LogP contribution in [0.3, 0.4) is 0 Å². The van der Waals surface area contributed by atoms with Crippen molar-refractivity contribution in [3.05, 3.63) is 35.9 Å². The highest BCUT2D eigenvalue weighted by Gasteiger charge is 2.32. The van der Waals surface area contributed by atoms with Crippen molar-refractivity contribution in [1.29, 1.82) is 0 Å². The van der Waals surface area contributed by atoms with Gasteiger partial charge in [-0.1, -0.05) is 49.6 Å². The Labute approximate surface area is 145 Å². The van der Waals surface area contributed by atoms with E-state index >= 15 is 0 Å². The van der Waals surface area contributed by atoms with Crippen molar-refractivity contribution in [1.82, 2.24) is 10.2 Å². The van der Waals surface area contributed by atoms with Crippen molar-refractivity contribution >= 4 is 5.91 Å². The van der Waals surface area contributed by atoms with Gasteiger partial charge in [0.2, 0.25) is 5.91 Å². The van der Waals surface area contributed by atoms with Gasteiger partial charge in [0.25, 0.3) is 0 Å². The third-order valence-corrected chi connectivity index (χ3v) is 5.45. The highest BCUT2D eigenvalue weighted by atomic mass is 16.3. The van der Waals surface area contributed by atoms with Crippen LogP contribution >= 0.6 is 0 Å². The van der Waals surface area contributed by atoms with Gasteiger partial charge in [-0.05, 0) is 44.3 Å². The monoisotopic (exact) mass is 330 g/mol. The lowest BCUT2D eigenvalue weighted by Crippen LogP contribution is -2.42. The van der Waals surface area contributed by atoms with Crippen LogP contribution in [0.4, 0.5) is 0 Å². The molecular formula is C20H30N2O2. The minimum absolute atomic E-state index is 0.00369. The van der Waals surface area contributed by atoms with Crippen LogP contribution in [0.15, 0.2) is 30.3 Å². The number of nitrogens with zero attached hydrogens (tertiary/aromatic N) is 1. The lowest BCUT2D eigenvalue weighted by atomic mass is 9.82. The number of benzene rings is 1. The second-order valence-corrected chi connectivity index (χ2v) is 7.50. The summed E-state index contributed by atoms with van der Waals surface area (Å²) in [4.78, 5) is 15.0. The molecule has 132 valence electrons. The fourth-order valence-electron chi connectivity index (χ4n) is 4.07. The Morgan fingerprint density at radius 2 is 1.75 bits per heavy atom. The maximum atomic E-state index is 12.6. The predicted octanol–water partition coefficient (Wildman–Crippen LogP) is 3.03. The van der Waals surface area contributed by atoms with Gasteiger partial charge in [0.1, 0.15) is 0 Å². The lowest BCUT2D eigenvalue weighted by Gasteiger charge is -2.32. The van der Waals surface area contributed by atoms with E-state index in [1.165, 1.54) is 19.3 Å². The van der Waals surface area contributed by atoms with E-state index in [1.54, 1.807) is 0 Å². The molecule has 2 N–H and O–H groups in total. The third-order valence-electron chi connectivity index (χ3n) is 5.45. The molecule has 0 aromatic heterocycles. The smallest absolute Gasteiger partial charge is 0.223 e. The predicted molar refractivity (Wildman–Crippen MR) is 95.7 cm³/mol. The van der Waals surface area contributed by atoms with Crippen molar-refractivity contribution in [2.24, 2.45) is 0 Å². The molecule has 1 amide bonds. The summed E-state index contributed by atoms with van der Waals surface area (Å²) in [6.07, 6.45) is 7.46. The zero-order valence-corrected chi connectivity index (χ0v) is 14.5. The van der Waals surface area contributed by atoms with Gasteiger partial charge >= 0.3 is 0 Å². The maximum Gasteiger partial charge on any atom is 0.223 e. The van der Waals surface area contributed by atoms with Crippen molar-refractivity contribution < 1.29 is 9.90 Å². The molecule has 2 aliphatic rings. The molecular weight excluding hydrogens is 300 g/mol. The molecule has 1 aliphatic carbocycles. The molecule has 4 heteroatoms. The van der Waals surface area contributed by atoms with Gasteiger partial charge in [-0.15, -0.1) is 0 Å². The number of hydrogen-bond acceptors (Lipinski definition) is 3. The van der Waals surface area contributed by atoms with Gasteiger partial charge in [-0.2, -0.15) is 0 Å². The minimum atomic E-state index is -0.794. The van der Waals surface area contributed by atoms with E-state index in [4.69, 9.17) is 0 Å². The van der Waals surface area contributed by atoms with E-state index in [0.29, 0.717) is 0 Å². The molecule has 3 rings (SSSR count). The van der Waals surface area contributed by atoms with Crippen LogP contribution < -0.4 is 5.32 Å². The van der Waals surface area contributed by atoms with Crippen molar-refractivity contribution in [2.45, 2.75) is 63.0 Å². The van der Waals surface area contributed by atoms with Gasteiger partial charge in [0.15, 0.2) is 0 Å². The maximum absolute atomic E-state index is 12.6. The molecule has 1 heterocycles. The summed E-state index contributed by atoms with van der Waals surface area (Å²) in [6, 6.07) is 10.2. The Morgan fingerprint density at radius 3 is 2.42 bits per heavy atom. The normalized spacial score (nSPS) is 22.2. The number of rotatable bonds is 6. The molecule has 24 heavy (non-hydrogen) atoms. The van der Waals surface area contributed by atoms with Crippen LogP contribution in [0.25, 0.3) is 0 Å². The quantitative estimate of drug-likeness (QED) is 0.843. The fourth-order valence-corrected chi connectivity index (χ4v) is 4.07. The SMILES string of the molecule is O=C(CC1(O)CCCCC1)NC(CN1CCCC1)c1ccccc1. The largest absolute Gasteiger partial charge is 0.389 e. The topological polar surface area (TPSA) is 52.6 Å². The second-order valence-electron chi connectivity index (χ2n) is 7.50. The highest BCUT2D eigenvalue weighted by molar-refractivity contribution is 5.77. The van der Waals surface area contributed by atoms with E-state index in [-0.39, 0.29) is 18.4 Å². The van der Waals surface area contributed by atoms with E-state index in [1.807, 2.05) is 18.2 Å². The molecule has 1 saturated heterocycles. The molecule has 1 aromatic rings. The summed E-state index contributed by atoms with van der Waals surface area (Å²) in [5.41, 5.74) is 0.352. The van der Waals surface area contributed by atoms with E-state index in [0.717, 1.165) is 50.9 Å². The Morgan fingerprint density at radius 1 is 1.08 bits per heavy atom. The van der Waals surface area contributed by atoms with Crippen LogP contribution in [-0.2, 0) is 4.79 Å². The third kappa shape index (κ3) is 4.81. The Bertz CT molecular complexity index is 520. The van der Waals surface area contributed by atoms with Gasteiger partial charge in [0.05, 0.1) is 18.1 Å². The average Bonchev–Trinajstić information content (AvgIpc) is 3.08. The van der Waals surface area contributed by atoms with Crippen LogP contribution in [0.2, 0.25) is 0 Å². The van der Waals surface area contributed by atoms with Gasteiger partial charge in [-0.3, -0.25) is 4.79 Å². The standard InChI is InChI=1S/C20H30N2O2/c23-19(15-20(24)11-5-2-6-12-20)21-18(16-22-13-7-8-14-22)17-9-3-1-4-10-17/h1,3-4,9-10,18,24H,2,5-8,11-16H2,(H,21,23). The Hall–Kier alpha value is -1.39. The molecule has 2 fully saturated rings. The summed E-state index contributed by atoms with van der Waals surface area (Å²) >= 11 is 0.